The number of anilines is 1. The number of hydrogen-bond donors (Lipinski definition) is 2. The van der Waals surface area contributed by atoms with Crippen molar-refractivity contribution in [3.63, 3.8) is 0 Å². The van der Waals surface area contributed by atoms with Crippen LogP contribution in [0.25, 0.3) is 11.2 Å². The molecule has 2 heterocycles. The molecule has 30 heavy (non-hydrogen) atoms. The van der Waals surface area contributed by atoms with Crippen LogP contribution in [-0.2, 0) is 23.1 Å². The smallest absolute Gasteiger partial charge is 0.385 e. The maximum absolute atomic E-state index is 13.1. The highest BCUT2D eigenvalue weighted by Gasteiger charge is 2.33. The van der Waals surface area contributed by atoms with Gasteiger partial charge < -0.3 is 5.11 Å². The summed E-state index contributed by atoms with van der Waals surface area (Å²) in [5.74, 6) is -0.346. The minimum absolute atomic E-state index is 0.0450. The number of pyridine rings is 1. The minimum atomic E-state index is -4.58. The second kappa shape index (κ2) is 8.06. The second-order valence-electron chi connectivity index (χ2n) is 7.84. The van der Waals surface area contributed by atoms with Crippen molar-refractivity contribution >= 4 is 23.0 Å². The first-order chi connectivity index (χ1) is 14.0. The Kier molecular flexibility index (Phi) is 5.85. The lowest BCUT2D eigenvalue weighted by atomic mass is 9.92. The lowest BCUT2D eigenvalue weighted by molar-refractivity contribution is -0.141. The van der Waals surface area contributed by atoms with Crippen molar-refractivity contribution in [3.8, 4) is 0 Å². The van der Waals surface area contributed by atoms with E-state index >= 15 is 0 Å². The minimum Gasteiger partial charge on any atom is -0.385 e. The Morgan fingerprint density at radius 1 is 1.13 bits per heavy atom. The van der Waals surface area contributed by atoms with Crippen molar-refractivity contribution in [3.05, 3.63) is 53.7 Å². The average Bonchev–Trinajstić information content (AvgIpc) is 2.97. The molecule has 1 aromatic carbocycles. The number of alkyl halides is 3. The van der Waals surface area contributed by atoms with E-state index in [-0.39, 0.29) is 29.5 Å². The van der Waals surface area contributed by atoms with Crippen LogP contribution >= 0.6 is 0 Å². The first-order valence-corrected chi connectivity index (χ1v) is 9.49. The number of imidazole rings is 1. The molecule has 2 N–H and O–H groups in total. The van der Waals surface area contributed by atoms with Crippen LogP contribution in [0.15, 0.2) is 42.5 Å². The summed E-state index contributed by atoms with van der Waals surface area (Å²) in [5, 5.41) is 13.3. The molecule has 0 fully saturated rings. The van der Waals surface area contributed by atoms with Crippen molar-refractivity contribution in [2.75, 3.05) is 5.32 Å². The normalized spacial score (nSPS) is 14.1. The van der Waals surface area contributed by atoms with Crippen LogP contribution in [0.3, 0.4) is 0 Å². The number of nitrogens with zero attached hydrogens (tertiary/aromatic N) is 3. The number of carbonyl (C=O) groups is 1. The van der Waals surface area contributed by atoms with Gasteiger partial charge in [-0.1, -0.05) is 44.2 Å². The predicted octanol–water partition coefficient (Wildman–Crippen LogP) is 4.34. The Balaban J connectivity index is 1.92. The van der Waals surface area contributed by atoms with Crippen LogP contribution in [-0.4, -0.2) is 25.5 Å². The molecule has 1 atom stereocenters. The van der Waals surface area contributed by atoms with Crippen LogP contribution in [0.1, 0.15) is 38.4 Å². The van der Waals surface area contributed by atoms with E-state index in [9.17, 15) is 23.1 Å². The number of rotatable bonds is 6. The number of benzene rings is 1. The fourth-order valence-electron chi connectivity index (χ4n) is 3.17. The molecule has 0 saturated carbocycles. The van der Waals surface area contributed by atoms with E-state index in [2.05, 4.69) is 15.3 Å². The molecule has 1 amide bonds. The molecule has 0 bridgehead atoms. The monoisotopic (exact) mass is 420 g/mol. The molecule has 0 saturated heterocycles. The molecule has 9 heteroatoms. The Labute approximate surface area is 171 Å². The third-order valence-electron chi connectivity index (χ3n) is 4.58. The predicted molar refractivity (Wildman–Crippen MR) is 107 cm³/mol. The van der Waals surface area contributed by atoms with Gasteiger partial charge in [0.05, 0.1) is 12.0 Å². The maximum Gasteiger partial charge on any atom is 0.433 e. The van der Waals surface area contributed by atoms with Gasteiger partial charge in [-0.15, -0.1) is 0 Å². The number of nitrogens with one attached hydrogen (secondary N) is 1. The lowest BCUT2D eigenvalue weighted by Gasteiger charge is -2.23. The second-order valence-corrected chi connectivity index (χ2v) is 7.84. The number of hydrogen-bond acceptors (Lipinski definition) is 4. The SMILES string of the molecule is CC(C)Cn1c(NC(=O)CC(C)(O)c2ccccc2)nc2ccc(C(F)(F)F)nc21. The number of aromatic nitrogens is 3. The summed E-state index contributed by atoms with van der Waals surface area (Å²) in [7, 11) is 0. The van der Waals surface area contributed by atoms with Crippen LogP contribution in [0.2, 0.25) is 0 Å². The van der Waals surface area contributed by atoms with E-state index in [1.807, 2.05) is 13.8 Å². The van der Waals surface area contributed by atoms with E-state index in [1.54, 1.807) is 30.3 Å². The van der Waals surface area contributed by atoms with Gasteiger partial charge in [0, 0.05) is 6.54 Å². The fourth-order valence-corrected chi connectivity index (χ4v) is 3.17. The van der Waals surface area contributed by atoms with Crippen molar-refractivity contribution in [2.24, 2.45) is 5.92 Å². The summed E-state index contributed by atoms with van der Waals surface area (Å²) in [4.78, 5) is 20.6. The molecule has 0 aliphatic rings. The van der Waals surface area contributed by atoms with Crippen molar-refractivity contribution in [1.82, 2.24) is 14.5 Å². The summed E-state index contributed by atoms with van der Waals surface area (Å²) in [5.41, 5.74) is -1.57. The summed E-state index contributed by atoms with van der Waals surface area (Å²) in [6, 6.07) is 10.8. The van der Waals surface area contributed by atoms with E-state index < -0.39 is 23.4 Å². The molecule has 2 aromatic heterocycles. The fraction of sp³-hybridized carbons (Fsp3) is 0.381. The highest BCUT2D eigenvalue weighted by Crippen LogP contribution is 2.30. The zero-order chi connectivity index (χ0) is 22.1. The Bertz CT molecular complexity index is 1040. The van der Waals surface area contributed by atoms with E-state index in [1.165, 1.54) is 17.6 Å². The van der Waals surface area contributed by atoms with Gasteiger partial charge in [0.1, 0.15) is 11.2 Å². The van der Waals surface area contributed by atoms with Gasteiger partial charge in [0.25, 0.3) is 0 Å². The molecular weight excluding hydrogens is 397 g/mol. The molecule has 3 aromatic rings. The molecule has 160 valence electrons. The average molecular weight is 420 g/mol. The Hall–Kier alpha value is -2.94. The quantitative estimate of drug-likeness (QED) is 0.622. The van der Waals surface area contributed by atoms with Crippen LogP contribution < -0.4 is 5.32 Å². The summed E-state index contributed by atoms with van der Waals surface area (Å²) in [6.07, 6.45) is -4.83. The van der Waals surface area contributed by atoms with Gasteiger partial charge >= 0.3 is 6.18 Å². The standard InChI is InChI=1S/C21H23F3N4O2/c1-13(2)12-28-18-15(9-10-16(26-18)21(22,23)24)25-19(28)27-17(29)11-20(3,30)14-7-5-4-6-8-14/h4-10,13,30H,11-12H2,1-3H3,(H,25,27,29). The zero-order valence-corrected chi connectivity index (χ0v) is 16.9. The van der Waals surface area contributed by atoms with Gasteiger partial charge in [-0.2, -0.15) is 13.2 Å². The molecule has 3 rings (SSSR count). The third kappa shape index (κ3) is 4.79. The van der Waals surface area contributed by atoms with Crippen LogP contribution in [0, 0.1) is 5.92 Å². The number of aliphatic hydroxyl groups is 1. The third-order valence-corrected chi connectivity index (χ3v) is 4.58. The number of halogens is 3. The van der Waals surface area contributed by atoms with Crippen molar-refractivity contribution in [1.29, 1.82) is 0 Å². The molecular formula is C21H23F3N4O2. The van der Waals surface area contributed by atoms with E-state index in [4.69, 9.17) is 0 Å². The molecule has 6 nitrogen and oxygen atoms in total. The first-order valence-electron chi connectivity index (χ1n) is 9.49. The Morgan fingerprint density at radius 3 is 2.40 bits per heavy atom. The molecule has 0 aliphatic heterocycles. The lowest BCUT2D eigenvalue weighted by Crippen LogP contribution is -2.29. The maximum atomic E-state index is 13.1. The topological polar surface area (TPSA) is 80.0 Å². The largest absolute Gasteiger partial charge is 0.433 e. The number of fused-ring (bicyclic) bond motifs is 1. The zero-order valence-electron chi connectivity index (χ0n) is 16.9. The van der Waals surface area contributed by atoms with Crippen LogP contribution in [0.4, 0.5) is 19.1 Å². The van der Waals surface area contributed by atoms with Crippen LogP contribution in [0.5, 0.6) is 0 Å². The van der Waals surface area contributed by atoms with Crippen molar-refractivity contribution < 1.29 is 23.1 Å². The van der Waals surface area contributed by atoms with Gasteiger partial charge in [0.15, 0.2) is 5.65 Å². The van der Waals surface area contributed by atoms with Gasteiger partial charge in [-0.05, 0) is 30.5 Å². The van der Waals surface area contributed by atoms with E-state index in [0.717, 1.165) is 6.07 Å². The summed E-state index contributed by atoms with van der Waals surface area (Å²) >= 11 is 0. The van der Waals surface area contributed by atoms with Gasteiger partial charge in [-0.25, -0.2) is 9.97 Å². The van der Waals surface area contributed by atoms with E-state index in [0.29, 0.717) is 12.1 Å². The Morgan fingerprint density at radius 2 is 1.80 bits per heavy atom. The molecule has 1 unspecified atom stereocenters. The summed E-state index contributed by atoms with van der Waals surface area (Å²) in [6.45, 7) is 5.63. The first kappa shape index (κ1) is 21.8. The highest BCUT2D eigenvalue weighted by molar-refractivity contribution is 5.91. The molecule has 0 aliphatic carbocycles. The van der Waals surface area contributed by atoms with Crippen molar-refractivity contribution in [2.45, 2.75) is 45.5 Å². The number of amides is 1. The van der Waals surface area contributed by atoms with Gasteiger partial charge in [-0.3, -0.25) is 14.7 Å². The number of carbonyl (C=O) groups excluding carboxylic acids is 1. The molecule has 0 spiro atoms. The van der Waals surface area contributed by atoms with Gasteiger partial charge in [0.2, 0.25) is 11.9 Å². The summed E-state index contributed by atoms with van der Waals surface area (Å²) < 4.78 is 40.7. The highest BCUT2D eigenvalue weighted by atomic mass is 19.4. The molecule has 0 radical (unpaired) electrons.